The highest BCUT2D eigenvalue weighted by molar-refractivity contribution is 5.02. The average molecular weight is 254 g/mol. The van der Waals surface area contributed by atoms with E-state index in [4.69, 9.17) is 0 Å². The van der Waals surface area contributed by atoms with Crippen molar-refractivity contribution in [1.29, 1.82) is 0 Å². The zero-order valence-corrected chi connectivity index (χ0v) is 13.5. The minimum atomic E-state index is 0.345. The monoisotopic (exact) mass is 254 g/mol. The first kappa shape index (κ1) is 16.0. The van der Waals surface area contributed by atoms with E-state index in [0.29, 0.717) is 11.1 Å². The highest BCUT2D eigenvalue weighted by atomic mass is 15.3. The third-order valence-electron chi connectivity index (χ3n) is 5.45. The van der Waals surface area contributed by atoms with Crippen LogP contribution in [-0.2, 0) is 0 Å². The van der Waals surface area contributed by atoms with Crippen LogP contribution in [0.1, 0.15) is 67.2 Å². The van der Waals surface area contributed by atoms with E-state index in [0.717, 1.165) is 12.5 Å². The fourth-order valence-corrected chi connectivity index (χ4v) is 2.96. The first-order valence-corrected chi connectivity index (χ1v) is 7.95. The molecule has 2 heteroatoms. The van der Waals surface area contributed by atoms with Gasteiger partial charge in [-0.3, -0.25) is 4.90 Å². The van der Waals surface area contributed by atoms with Crippen LogP contribution < -0.4 is 5.32 Å². The first-order chi connectivity index (χ1) is 8.45. The van der Waals surface area contributed by atoms with E-state index >= 15 is 0 Å². The maximum Gasteiger partial charge on any atom is 0.0304 e. The van der Waals surface area contributed by atoms with E-state index in [1.54, 1.807) is 0 Å². The zero-order valence-electron chi connectivity index (χ0n) is 13.5. The van der Waals surface area contributed by atoms with Gasteiger partial charge in [0.25, 0.3) is 0 Å². The maximum absolute atomic E-state index is 3.85. The second-order valence-corrected chi connectivity index (χ2v) is 6.59. The van der Waals surface area contributed by atoms with Crippen LogP contribution in [0.4, 0.5) is 0 Å². The summed E-state index contributed by atoms with van der Waals surface area (Å²) in [5.41, 5.74) is 0.694. The fraction of sp³-hybridized carbons (Fsp3) is 1.00. The SMILES string of the molecule is CCC(C)CN1CC(CC)(CC)NCC1(C)CC. The molecule has 0 aromatic rings. The van der Waals surface area contributed by atoms with Gasteiger partial charge in [0.05, 0.1) is 0 Å². The maximum atomic E-state index is 3.85. The van der Waals surface area contributed by atoms with Gasteiger partial charge in [-0.15, -0.1) is 0 Å². The lowest BCUT2D eigenvalue weighted by molar-refractivity contribution is -0.000464. The summed E-state index contributed by atoms with van der Waals surface area (Å²) in [6.07, 6.45) is 5.00. The van der Waals surface area contributed by atoms with E-state index < -0.39 is 0 Å². The molecule has 108 valence electrons. The topological polar surface area (TPSA) is 15.3 Å². The summed E-state index contributed by atoms with van der Waals surface area (Å²) < 4.78 is 0. The standard InChI is InChI=1S/C16H34N2/c1-7-14(5)11-18-13-16(9-3,10-4)17-12-15(18,6)8-2/h14,17H,7-13H2,1-6H3. The van der Waals surface area contributed by atoms with E-state index in [9.17, 15) is 0 Å². The molecule has 2 atom stereocenters. The lowest BCUT2D eigenvalue weighted by Gasteiger charge is -2.53. The van der Waals surface area contributed by atoms with Crippen molar-refractivity contribution in [3.05, 3.63) is 0 Å². The van der Waals surface area contributed by atoms with Gasteiger partial charge < -0.3 is 5.32 Å². The second kappa shape index (κ2) is 6.38. The Balaban J connectivity index is 2.82. The van der Waals surface area contributed by atoms with Gasteiger partial charge in [-0.25, -0.2) is 0 Å². The van der Waals surface area contributed by atoms with Crippen molar-refractivity contribution in [2.24, 2.45) is 5.92 Å². The second-order valence-electron chi connectivity index (χ2n) is 6.59. The minimum Gasteiger partial charge on any atom is -0.308 e. The van der Waals surface area contributed by atoms with Crippen LogP contribution in [0, 0.1) is 5.92 Å². The molecule has 0 aromatic carbocycles. The fourth-order valence-electron chi connectivity index (χ4n) is 2.96. The number of nitrogens with one attached hydrogen (secondary N) is 1. The van der Waals surface area contributed by atoms with Crippen molar-refractivity contribution in [1.82, 2.24) is 10.2 Å². The van der Waals surface area contributed by atoms with Gasteiger partial charge in [0.15, 0.2) is 0 Å². The molecule has 1 aliphatic heterocycles. The molecule has 0 saturated carbocycles. The summed E-state index contributed by atoms with van der Waals surface area (Å²) in [5, 5.41) is 3.85. The van der Waals surface area contributed by atoms with E-state index in [-0.39, 0.29) is 0 Å². The van der Waals surface area contributed by atoms with Gasteiger partial charge >= 0.3 is 0 Å². The molecule has 1 saturated heterocycles. The van der Waals surface area contributed by atoms with Crippen molar-refractivity contribution in [2.75, 3.05) is 19.6 Å². The van der Waals surface area contributed by atoms with Crippen LogP contribution in [0.25, 0.3) is 0 Å². The lowest BCUT2D eigenvalue weighted by Crippen LogP contribution is -2.69. The first-order valence-electron chi connectivity index (χ1n) is 7.95. The Labute approximate surface area is 115 Å². The number of nitrogens with zero attached hydrogens (tertiary/aromatic N) is 1. The Morgan fingerprint density at radius 1 is 1.11 bits per heavy atom. The quantitative estimate of drug-likeness (QED) is 0.778. The molecule has 0 aromatic heterocycles. The Morgan fingerprint density at radius 2 is 1.72 bits per heavy atom. The van der Waals surface area contributed by atoms with Gasteiger partial charge in [0, 0.05) is 30.7 Å². The molecule has 2 unspecified atom stereocenters. The van der Waals surface area contributed by atoms with Gasteiger partial charge in [-0.05, 0) is 32.1 Å². The molecule has 0 amide bonds. The summed E-state index contributed by atoms with van der Waals surface area (Å²) in [5.74, 6) is 0.806. The van der Waals surface area contributed by atoms with Gasteiger partial charge in [-0.1, -0.05) is 41.0 Å². The van der Waals surface area contributed by atoms with Crippen molar-refractivity contribution >= 4 is 0 Å². The lowest BCUT2D eigenvalue weighted by atomic mass is 9.82. The molecule has 0 bridgehead atoms. The number of rotatable bonds is 6. The summed E-state index contributed by atoms with van der Waals surface area (Å²) in [7, 11) is 0. The van der Waals surface area contributed by atoms with E-state index in [2.05, 4.69) is 51.8 Å². The van der Waals surface area contributed by atoms with Crippen LogP contribution in [0.2, 0.25) is 0 Å². The molecule has 18 heavy (non-hydrogen) atoms. The van der Waals surface area contributed by atoms with Crippen LogP contribution in [0.3, 0.4) is 0 Å². The molecule has 1 rings (SSSR count). The van der Waals surface area contributed by atoms with Crippen molar-refractivity contribution in [3.63, 3.8) is 0 Å². The molecule has 0 spiro atoms. The van der Waals surface area contributed by atoms with Gasteiger partial charge in [-0.2, -0.15) is 0 Å². The Kier molecular flexibility index (Phi) is 5.67. The van der Waals surface area contributed by atoms with Crippen LogP contribution in [0.15, 0.2) is 0 Å². The number of hydrogen-bond donors (Lipinski definition) is 1. The summed E-state index contributed by atoms with van der Waals surface area (Å²) >= 11 is 0. The predicted octanol–water partition coefficient (Wildman–Crippen LogP) is 3.67. The molecule has 0 aliphatic carbocycles. The highest BCUT2D eigenvalue weighted by Gasteiger charge is 2.42. The summed E-state index contributed by atoms with van der Waals surface area (Å²) in [6.45, 7) is 17.7. The zero-order chi connectivity index (χ0) is 13.8. The average Bonchev–Trinajstić information content (AvgIpc) is 2.41. The summed E-state index contributed by atoms with van der Waals surface area (Å²) in [6, 6.07) is 0. The predicted molar refractivity (Wildman–Crippen MR) is 81.0 cm³/mol. The molecular formula is C16H34N2. The normalized spacial score (nSPS) is 30.3. The molecule has 1 N–H and O–H groups in total. The number of hydrogen-bond acceptors (Lipinski definition) is 2. The minimum absolute atomic E-state index is 0.345. The molecule has 2 nitrogen and oxygen atoms in total. The Bertz CT molecular complexity index is 247. The van der Waals surface area contributed by atoms with Crippen LogP contribution in [0.5, 0.6) is 0 Å². The van der Waals surface area contributed by atoms with Gasteiger partial charge in [0.2, 0.25) is 0 Å². The number of piperazine rings is 1. The van der Waals surface area contributed by atoms with Crippen molar-refractivity contribution in [2.45, 2.75) is 78.3 Å². The molecule has 0 radical (unpaired) electrons. The molecule has 1 fully saturated rings. The summed E-state index contributed by atoms with van der Waals surface area (Å²) in [4.78, 5) is 2.77. The third kappa shape index (κ3) is 3.27. The van der Waals surface area contributed by atoms with E-state index in [1.165, 1.54) is 38.8 Å². The third-order valence-corrected chi connectivity index (χ3v) is 5.45. The molecular weight excluding hydrogens is 220 g/mol. The molecule has 1 heterocycles. The van der Waals surface area contributed by atoms with E-state index in [1.807, 2.05) is 0 Å². The molecule has 1 aliphatic rings. The van der Waals surface area contributed by atoms with Gasteiger partial charge in [0.1, 0.15) is 0 Å². The largest absolute Gasteiger partial charge is 0.308 e. The van der Waals surface area contributed by atoms with Crippen molar-refractivity contribution < 1.29 is 0 Å². The smallest absolute Gasteiger partial charge is 0.0304 e. The Hall–Kier alpha value is -0.0800. The van der Waals surface area contributed by atoms with Crippen molar-refractivity contribution in [3.8, 4) is 0 Å². The van der Waals surface area contributed by atoms with Crippen LogP contribution >= 0.6 is 0 Å². The van der Waals surface area contributed by atoms with Crippen LogP contribution in [-0.4, -0.2) is 35.6 Å². The highest BCUT2D eigenvalue weighted by Crippen LogP contribution is 2.31. The Morgan fingerprint density at radius 3 is 2.17 bits per heavy atom.